The van der Waals surface area contributed by atoms with E-state index in [0.29, 0.717) is 5.57 Å². The fourth-order valence-electron chi connectivity index (χ4n) is 3.68. The van der Waals surface area contributed by atoms with Gasteiger partial charge in [0.15, 0.2) is 0 Å². The van der Waals surface area contributed by atoms with Crippen LogP contribution in [0.2, 0.25) is 0 Å². The van der Waals surface area contributed by atoms with Crippen LogP contribution in [0.15, 0.2) is 42.6 Å². The lowest BCUT2D eigenvalue weighted by atomic mass is 10.0. The molecule has 1 aliphatic heterocycles. The standard InChI is InChI=1S/C21H26N2O2/c1-4-16-8-7-12-23(14-16)13-11-18-17-9-5-6-10-19(17)22-20(18)15(2)21(24)25-3/h5-6,9-10,14,22H,2,4,7-8,11-13H2,1,3H3/p+1. The molecule has 0 saturated heterocycles. The highest BCUT2D eigenvalue weighted by Crippen LogP contribution is 2.27. The number of esters is 1. The largest absolute Gasteiger partial charge is 0.465 e. The van der Waals surface area contributed by atoms with E-state index in [1.165, 1.54) is 36.8 Å². The Kier molecular flexibility index (Phi) is 5.39. The lowest BCUT2D eigenvalue weighted by Crippen LogP contribution is -3.08. The summed E-state index contributed by atoms with van der Waals surface area (Å²) in [6, 6.07) is 8.18. The summed E-state index contributed by atoms with van der Waals surface area (Å²) in [7, 11) is 1.39. The third-order valence-electron chi connectivity index (χ3n) is 5.10. The fraction of sp³-hybridized carbons (Fsp3) is 0.381. The van der Waals surface area contributed by atoms with E-state index in [-0.39, 0.29) is 5.97 Å². The average molecular weight is 339 g/mol. The topological polar surface area (TPSA) is 46.5 Å². The molecule has 25 heavy (non-hydrogen) atoms. The van der Waals surface area contributed by atoms with Gasteiger partial charge in [-0.15, -0.1) is 0 Å². The summed E-state index contributed by atoms with van der Waals surface area (Å²) < 4.78 is 4.87. The van der Waals surface area contributed by atoms with Gasteiger partial charge >= 0.3 is 5.97 Å². The Hall–Kier alpha value is -2.33. The predicted molar refractivity (Wildman–Crippen MR) is 101 cm³/mol. The van der Waals surface area contributed by atoms with Crippen molar-refractivity contribution in [2.24, 2.45) is 0 Å². The van der Waals surface area contributed by atoms with Crippen molar-refractivity contribution >= 4 is 22.4 Å². The molecule has 0 amide bonds. The third kappa shape index (κ3) is 3.69. The number of H-pyrrole nitrogens is 1. The molecule has 1 aromatic carbocycles. The zero-order chi connectivity index (χ0) is 17.8. The molecule has 1 atom stereocenters. The van der Waals surface area contributed by atoms with Gasteiger partial charge in [0, 0.05) is 23.7 Å². The van der Waals surface area contributed by atoms with E-state index in [2.05, 4.69) is 30.8 Å². The molecule has 2 aromatic rings. The quantitative estimate of drug-likeness (QED) is 0.628. The Morgan fingerprint density at radius 1 is 1.36 bits per heavy atom. The number of hydrogen-bond acceptors (Lipinski definition) is 2. The predicted octanol–water partition coefficient (Wildman–Crippen LogP) is 2.87. The Bertz CT molecular complexity index is 816. The average Bonchev–Trinajstić information content (AvgIpc) is 3.03. The zero-order valence-corrected chi connectivity index (χ0v) is 15.2. The number of hydrogen-bond donors (Lipinski definition) is 2. The summed E-state index contributed by atoms with van der Waals surface area (Å²) >= 11 is 0. The highest BCUT2D eigenvalue weighted by atomic mass is 16.5. The van der Waals surface area contributed by atoms with Crippen molar-refractivity contribution in [3.63, 3.8) is 0 Å². The smallest absolute Gasteiger partial charge is 0.339 e. The van der Waals surface area contributed by atoms with E-state index >= 15 is 0 Å². The highest BCUT2D eigenvalue weighted by molar-refractivity contribution is 6.16. The van der Waals surface area contributed by atoms with Gasteiger partial charge in [0.1, 0.15) is 0 Å². The van der Waals surface area contributed by atoms with Gasteiger partial charge in [-0.05, 0) is 30.0 Å². The van der Waals surface area contributed by atoms with Crippen LogP contribution in [0.3, 0.4) is 0 Å². The summed E-state index contributed by atoms with van der Waals surface area (Å²) in [5.74, 6) is -0.383. The van der Waals surface area contributed by atoms with Crippen molar-refractivity contribution in [2.45, 2.75) is 32.6 Å². The van der Waals surface area contributed by atoms with Gasteiger partial charge in [-0.25, -0.2) is 4.79 Å². The molecule has 2 heterocycles. The molecule has 4 nitrogen and oxygen atoms in total. The number of aromatic nitrogens is 1. The van der Waals surface area contributed by atoms with E-state index in [4.69, 9.17) is 4.74 Å². The fourth-order valence-corrected chi connectivity index (χ4v) is 3.68. The van der Waals surface area contributed by atoms with E-state index in [0.717, 1.165) is 36.2 Å². The second kappa shape index (κ2) is 7.70. The monoisotopic (exact) mass is 339 g/mol. The van der Waals surface area contributed by atoms with Crippen molar-refractivity contribution in [3.05, 3.63) is 53.9 Å². The molecular formula is C21H27N2O2+. The van der Waals surface area contributed by atoms with Gasteiger partial charge in [0.25, 0.3) is 0 Å². The molecule has 1 aromatic heterocycles. The van der Waals surface area contributed by atoms with Crippen molar-refractivity contribution in [3.8, 4) is 0 Å². The molecule has 2 N–H and O–H groups in total. The number of aromatic amines is 1. The molecule has 0 radical (unpaired) electrons. The number of nitrogens with one attached hydrogen (secondary N) is 2. The van der Waals surface area contributed by atoms with Gasteiger partial charge in [0.2, 0.25) is 0 Å². The number of ether oxygens (including phenoxy) is 1. The van der Waals surface area contributed by atoms with E-state index in [1.54, 1.807) is 5.57 Å². The van der Waals surface area contributed by atoms with Crippen LogP contribution in [-0.2, 0) is 16.0 Å². The molecule has 0 saturated carbocycles. The first-order valence-corrected chi connectivity index (χ1v) is 9.05. The number of rotatable bonds is 6. The van der Waals surface area contributed by atoms with Crippen LogP contribution in [-0.4, -0.2) is 31.2 Å². The number of carbonyl (C=O) groups excluding carboxylic acids is 1. The number of fused-ring (bicyclic) bond motifs is 1. The molecule has 0 fully saturated rings. The minimum absolute atomic E-state index is 0.383. The van der Waals surface area contributed by atoms with Crippen LogP contribution in [0.25, 0.3) is 16.5 Å². The Labute approximate surface area is 149 Å². The maximum atomic E-state index is 12.0. The lowest BCUT2D eigenvalue weighted by Gasteiger charge is -2.21. The van der Waals surface area contributed by atoms with Crippen LogP contribution < -0.4 is 4.90 Å². The molecule has 1 unspecified atom stereocenters. The molecule has 0 aliphatic carbocycles. The van der Waals surface area contributed by atoms with Gasteiger partial charge in [-0.3, -0.25) is 0 Å². The number of allylic oxidation sites excluding steroid dienone is 1. The van der Waals surface area contributed by atoms with Crippen LogP contribution in [0.5, 0.6) is 0 Å². The summed E-state index contributed by atoms with van der Waals surface area (Å²) in [5.41, 5.74) is 4.96. The number of methoxy groups -OCH3 is 1. The van der Waals surface area contributed by atoms with E-state index in [9.17, 15) is 4.79 Å². The van der Waals surface area contributed by atoms with Crippen molar-refractivity contribution in [1.82, 2.24) is 4.98 Å². The number of carbonyl (C=O) groups is 1. The Morgan fingerprint density at radius 2 is 2.16 bits per heavy atom. The first-order chi connectivity index (χ1) is 12.1. The van der Waals surface area contributed by atoms with Gasteiger partial charge in [-0.2, -0.15) is 0 Å². The summed E-state index contributed by atoms with van der Waals surface area (Å²) in [6.45, 7) is 8.38. The molecule has 0 bridgehead atoms. The normalized spacial score (nSPS) is 17.4. The SMILES string of the molecule is C=C(C(=O)OC)c1[nH]c2ccccc2c1CC[NH+]1C=C(CC)CCC1. The van der Waals surface area contributed by atoms with Crippen LogP contribution in [0.4, 0.5) is 0 Å². The minimum atomic E-state index is -0.383. The van der Waals surface area contributed by atoms with Gasteiger partial charge in [0.05, 0.1) is 37.7 Å². The number of quaternary nitrogens is 1. The first kappa shape index (κ1) is 17.5. The van der Waals surface area contributed by atoms with Crippen LogP contribution in [0, 0.1) is 0 Å². The van der Waals surface area contributed by atoms with Crippen molar-refractivity contribution < 1.29 is 14.4 Å². The first-order valence-electron chi connectivity index (χ1n) is 9.05. The second-order valence-electron chi connectivity index (χ2n) is 6.66. The number of para-hydroxylation sites is 1. The molecule has 0 spiro atoms. The number of benzene rings is 1. The zero-order valence-electron chi connectivity index (χ0n) is 15.2. The molecule has 3 rings (SSSR count). The van der Waals surface area contributed by atoms with Crippen molar-refractivity contribution in [2.75, 3.05) is 20.2 Å². The highest BCUT2D eigenvalue weighted by Gasteiger charge is 2.21. The van der Waals surface area contributed by atoms with Gasteiger partial charge < -0.3 is 14.6 Å². The Morgan fingerprint density at radius 3 is 2.92 bits per heavy atom. The van der Waals surface area contributed by atoms with Crippen LogP contribution in [0.1, 0.15) is 37.4 Å². The molecule has 4 heteroatoms. The summed E-state index contributed by atoms with van der Waals surface area (Å²) in [5, 5.41) is 1.17. The summed E-state index contributed by atoms with van der Waals surface area (Å²) in [4.78, 5) is 16.9. The molecular weight excluding hydrogens is 312 g/mol. The van der Waals surface area contributed by atoms with E-state index in [1.807, 2.05) is 18.2 Å². The summed E-state index contributed by atoms with van der Waals surface area (Å²) in [6.07, 6.45) is 6.93. The maximum absolute atomic E-state index is 12.0. The van der Waals surface area contributed by atoms with Gasteiger partial charge in [-0.1, -0.05) is 31.7 Å². The second-order valence-corrected chi connectivity index (χ2v) is 6.66. The lowest BCUT2D eigenvalue weighted by molar-refractivity contribution is -0.849. The van der Waals surface area contributed by atoms with Crippen molar-refractivity contribution in [1.29, 1.82) is 0 Å². The molecule has 132 valence electrons. The van der Waals surface area contributed by atoms with Crippen LogP contribution >= 0.6 is 0 Å². The minimum Gasteiger partial charge on any atom is -0.465 e. The maximum Gasteiger partial charge on any atom is 0.339 e. The third-order valence-corrected chi connectivity index (χ3v) is 5.10. The Balaban J connectivity index is 1.89. The molecule has 1 aliphatic rings. The van der Waals surface area contributed by atoms with E-state index < -0.39 is 0 Å².